The van der Waals surface area contributed by atoms with Crippen LogP contribution in [0.1, 0.15) is 42.4 Å². The molecule has 1 aliphatic rings. The number of nitrogens with zero attached hydrogens (tertiary/aromatic N) is 5. The topological polar surface area (TPSA) is 96.2 Å². The SMILES string of the molecule is CCCSc1nc(Oc2c(OC)cc(CN[C@@H]3C[C@H]3c3ccc(F)c(F)c3)cc2OC)c2nnn(Cc3cccc(Cl)c3)c2n1. The zero-order valence-electron chi connectivity index (χ0n) is 24.9. The second-order valence-electron chi connectivity index (χ2n) is 10.6. The van der Waals surface area contributed by atoms with Crippen molar-refractivity contribution in [3.05, 3.63) is 87.9 Å². The fraction of sp³-hybridized carbons (Fsp3) is 0.312. The first-order valence-electron chi connectivity index (χ1n) is 14.5. The van der Waals surface area contributed by atoms with Crippen molar-refractivity contribution in [2.75, 3.05) is 20.0 Å². The molecular formula is C32H31ClF2N6O3S. The molecule has 5 aromatic rings. The first-order valence-corrected chi connectivity index (χ1v) is 15.8. The van der Waals surface area contributed by atoms with Crippen LogP contribution in [0.3, 0.4) is 0 Å². The van der Waals surface area contributed by atoms with Crippen LogP contribution in [0.25, 0.3) is 11.2 Å². The maximum Gasteiger partial charge on any atom is 0.254 e. The largest absolute Gasteiger partial charge is 0.493 e. The average molecular weight is 653 g/mol. The minimum absolute atomic E-state index is 0.124. The minimum atomic E-state index is -0.841. The summed E-state index contributed by atoms with van der Waals surface area (Å²) in [5.41, 5.74) is 3.55. The Bertz CT molecular complexity index is 1820. The summed E-state index contributed by atoms with van der Waals surface area (Å²) in [6.45, 7) is 3.01. The van der Waals surface area contributed by atoms with Gasteiger partial charge in [-0.2, -0.15) is 4.98 Å². The van der Waals surface area contributed by atoms with Gasteiger partial charge in [0, 0.05) is 29.3 Å². The zero-order chi connectivity index (χ0) is 31.5. The number of aromatic nitrogens is 5. The average Bonchev–Trinajstić information content (AvgIpc) is 3.72. The fourth-order valence-corrected chi connectivity index (χ4v) is 5.97. The first kappa shape index (κ1) is 31.0. The Balaban J connectivity index is 1.25. The van der Waals surface area contributed by atoms with Gasteiger partial charge < -0.3 is 19.5 Å². The molecule has 0 radical (unpaired) electrons. The Morgan fingerprint density at radius 1 is 1.00 bits per heavy atom. The smallest absolute Gasteiger partial charge is 0.254 e. The second-order valence-corrected chi connectivity index (χ2v) is 12.1. The minimum Gasteiger partial charge on any atom is -0.493 e. The van der Waals surface area contributed by atoms with Gasteiger partial charge in [0.25, 0.3) is 5.88 Å². The van der Waals surface area contributed by atoms with Gasteiger partial charge in [0.15, 0.2) is 39.5 Å². The number of fused-ring (bicyclic) bond motifs is 1. The van der Waals surface area contributed by atoms with E-state index in [9.17, 15) is 8.78 Å². The van der Waals surface area contributed by atoms with Crippen molar-refractivity contribution in [3.63, 3.8) is 0 Å². The molecule has 2 atom stereocenters. The van der Waals surface area contributed by atoms with Crippen LogP contribution in [0.15, 0.2) is 59.8 Å². The van der Waals surface area contributed by atoms with Crippen LogP contribution in [0.5, 0.6) is 23.1 Å². The second kappa shape index (κ2) is 13.6. The van der Waals surface area contributed by atoms with E-state index in [1.54, 1.807) is 25.0 Å². The number of hydrogen-bond donors (Lipinski definition) is 1. The summed E-state index contributed by atoms with van der Waals surface area (Å²) >= 11 is 7.72. The third-order valence-corrected chi connectivity index (χ3v) is 8.70. The monoisotopic (exact) mass is 652 g/mol. The molecule has 0 saturated heterocycles. The Labute approximate surface area is 268 Å². The van der Waals surface area contributed by atoms with Gasteiger partial charge in [-0.1, -0.05) is 53.7 Å². The molecule has 1 N–H and O–H groups in total. The summed E-state index contributed by atoms with van der Waals surface area (Å²) in [5, 5.41) is 13.4. The van der Waals surface area contributed by atoms with Crippen molar-refractivity contribution in [1.82, 2.24) is 30.3 Å². The lowest BCUT2D eigenvalue weighted by molar-refractivity contribution is 0.341. The van der Waals surface area contributed by atoms with E-state index < -0.39 is 11.6 Å². The van der Waals surface area contributed by atoms with E-state index in [4.69, 9.17) is 30.8 Å². The molecule has 6 rings (SSSR count). The molecule has 0 spiro atoms. The van der Waals surface area contributed by atoms with E-state index in [2.05, 4.69) is 27.5 Å². The third-order valence-electron chi connectivity index (χ3n) is 7.42. The van der Waals surface area contributed by atoms with E-state index >= 15 is 0 Å². The van der Waals surface area contributed by atoms with Gasteiger partial charge in [-0.05, 0) is 65.9 Å². The van der Waals surface area contributed by atoms with Crippen LogP contribution in [0, 0.1) is 11.6 Å². The Kier molecular flexibility index (Phi) is 9.34. The predicted octanol–water partition coefficient (Wildman–Crippen LogP) is 7.16. The molecule has 1 saturated carbocycles. The van der Waals surface area contributed by atoms with E-state index in [1.165, 1.54) is 23.9 Å². The number of methoxy groups -OCH3 is 2. The third kappa shape index (κ3) is 6.98. The van der Waals surface area contributed by atoms with Gasteiger partial charge in [-0.25, -0.2) is 18.4 Å². The Morgan fingerprint density at radius 2 is 1.80 bits per heavy atom. The highest BCUT2D eigenvalue weighted by Gasteiger charge is 2.38. The molecule has 1 fully saturated rings. The molecule has 9 nitrogen and oxygen atoms in total. The normalized spacial score (nSPS) is 15.8. The number of ether oxygens (including phenoxy) is 3. The number of thioether (sulfide) groups is 1. The molecule has 0 amide bonds. The van der Waals surface area contributed by atoms with Gasteiger partial charge >= 0.3 is 0 Å². The van der Waals surface area contributed by atoms with Gasteiger partial charge in [-0.15, -0.1) is 5.10 Å². The number of benzene rings is 3. The van der Waals surface area contributed by atoms with Crippen LogP contribution in [-0.2, 0) is 13.1 Å². The molecule has 2 heterocycles. The summed E-state index contributed by atoms with van der Waals surface area (Å²) in [6.07, 6.45) is 1.78. The van der Waals surface area contributed by atoms with Gasteiger partial charge in [-0.3, -0.25) is 0 Å². The van der Waals surface area contributed by atoms with Crippen LogP contribution < -0.4 is 19.5 Å². The highest BCUT2D eigenvalue weighted by atomic mass is 35.5. The van der Waals surface area contributed by atoms with Crippen molar-refractivity contribution in [3.8, 4) is 23.1 Å². The van der Waals surface area contributed by atoms with E-state index in [-0.39, 0.29) is 17.8 Å². The molecule has 2 aromatic heterocycles. The van der Waals surface area contributed by atoms with Crippen LogP contribution >= 0.6 is 23.4 Å². The summed E-state index contributed by atoms with van der Waals surface area (Å²) in [4.78, 5) is 9.42. The number of halogens is 3. The molecule has 0 bridgehead atoms. The van der Waals surface area contributed by atoms with Crippen molar-refractivity contribution in [1.29, 1.82) is 0 Å². The van der Waals surface area contributed by atoms with Crippen molar-refractivity contribution < 1.29 is 23.0 Å². The van der Waals surface area contributed by atoms with Crippen molar-refractivity contribution >= 4 is 34.5 Å². The quantitative estimate of drug-likeness (QED) is 0.105. The molecule has 0 unspecified atom stereocenters. The van der Waals surface area contributed by atoms with E-state index in [0.717, 1.165) is 35.3 Å². The van der Waals surface area contributed by atoms with E-state index in [1.807, 2.05) is 36.4 Å². The standard InChI is InChI=1S/C32H31ClF2N6O3S/c1-4-10-45-32-37-30-28(39-40-41(30)17-18-6-5-7-21(33)11-18)31(38-32)44-29-26(42-2)12-19(13-27(29)43-3)16-36-25-15-22(25)20-8-9-23(34)24(35)14-20/h5-9,11-14,22,25,36H,4,10,15-17H2,1-3H3/t22-,25+/m0/s1. The summed E-state index contributed by atoms with van der Waals surface area (Å²) < 4.78 is 46.6. The lowest BCUT2D eigenvalue weighted by Gasteiger charge is -2.16. The molecular weight excluding hydrogens is 622 g/mol. The molecule has 1 aliphatic carbocycles. The van der Waals surface area contributed by atoms with Crippen LogP contribution in [0.4, 0.5) is 8.78 Å². The molecule has 13 heteroatoms. The zero-order valence-corrected chi connectivity index (χ0v) is 26.5. The highest BCUT2D eigenvalue weighted by Crippen LogP contribution is 2.44. The molecule has 3 aromatic carbocycles. The summed E-state index contributed by atoms with van der Waals surface area (Å²) in [5.74, 6) is 0.734. The van der Waals surface area contributed by atoms with Crippen molar-refractivity contribution in [2.45, 2.75) is 50.0 Å². The Morgan fingerprint density at radius 3 is 2.51 bits per heavy atom. The summed E-state index contributed by atoms with van der Waals surface area (Å²) in [6, 6.07) is 15.5. The predicted molar refractivity (Wildman–Crippen MR) is 169 cm³/mol. The Hall–Kier alpha value is -4.00. The van der Waals surface area contributed by atoms with Gasteiger partial charge in [0.05, 0.1) is 20.8 Å². The van der Waals surface area contributed by atoms with Crippen LogP contribution in [0.2, 0.25) is 5.02 Å². The fourth-order valence-electron chi connectivity index (χ4n) is 5.07. The lowest BCUT2D eigenvalue weighted by atomic mass is 10.1. The molecule has 45 heavy (non-hydrogen) atoms. The van der Waals surface area contributed by atoms with Gasteiger partial charge in [0.1, 0.15) is 0 Å². The highest BCUT2D eigenvalue weighted by molar-refractivity contribution is 7.99. The maximum atomic E-state index is 13.7. The summed E-state index contributed by atoms with van der Waals surface area (Å²) in [7, 11) is 3.11. The maximum absolute atomic E-state index is 13.7. The van der Waals surface area contributed by atoms with Crippen molar-refractivity contribution in [2.24, 2.45) is 0 Å². The number of nitrogens with one attached hydrogen (secondary N) is 1. The number of rotatable bonds is 13. The van der Waals surface area contributed by atoms with Crippen LogP contribution in [-0.4, -0.2) is 51.0 Å². The van der Waals surface area contributed by atoms with Gasteiger partial charge in [0.2, 0.25) is 5.75 Å². The lowest BCUT2D eigenvalue weighted by Crippen LogP contribution is -2.17. The molecule has 0 aliphatic heterocycles. The number of hydrogen-bond acceptors (Lipinski definition) is 9. The van der Waals surface area contributed by atoms with E-state index in [0.29, 0.717) is 51.7 Å². The molecule has 234 valence electrons. The first-order chi connectivity index (χ1) is 21.9.